The lowest BCUT2D eigenvalue weighted by Crippen LogP contribution is -2.31. The highest BCUT2D eigenvalue weighted by atomic mass is 16.5. The number of rotatable bonds is 5. The van der Waals surface area contributed by atoms with Crippen LogP contribution >= 0.6 is 0 Å². The normalized spacial score (nSPS) is 18.4. The van der Waals surface area contributed by atoms with Crippen molar-refractivity contribution in [2.24, 2.45) is 5.84 Å². The number of hydrogen-bond donors (Lipinski definition) is 2. The molecular weight excluding hydrogens is 246 g/mol. The van der Waals surface area contributed by atoms with Gasteiger partial charge in [-0.05, 0) is 12.8 Å². The maximum atomic E-state index is 5.62. The summed E-state index contributed by atoms with van der Waals surface area (Å²) in [5, 5.41) is 0. The fourth-order valence-corrected chi connectivity index (χ4v) is 1.96. The van der Waals surface area contributed by atoms with Crippen LogP contribution in [0.5, 0.6) is 0 Å². The fraction of sp³-hybridized carbons (Fsp3) is 0.727. The average Bonchev–Trinajstić information content (AvgIpc) is 2.90. The molecule has 8 heteroatoms. The van der Waals surface area contributed by atoms with E-state index in [4.69, 9.17) is 10.6 Å². The third-order valence-corrected chi connectivity index (χ3v) is 2.98. The zero-order chi connectivity index (χ0) is 13.8. The monoisotopic (exact) mass is 267 g/mol. The van der Waals surface area contributed by atoms with Crippen LogP contribution in [0.2, 0.25) is 0 Å². The Kier molecular flexibility index (Phi) is 4.33. The van der Waals surface area contributed by atoms with Gasteiger partial charge in [-0.2, -0.15) is 15.0 Å². The molecule has 2 rings (SSSR count). The lowest BCUT2D eigenvalue weighted by Gasteiger charge is -2.22. The second-order valence-electron chi connectivity index (χ2n) is 4.81. The summed E-state index contributed by atoms with van der Waals surface area (Å²) in [5.41, 5.74) is 2.46. The largest absolute Gasteiger partial charge is 0.376 e. The molecule has 0 aromatic carbocycles. The van der Waals surface area contributed by atoms with E-state index in [0.717, 1.165) is 26.0 Å². The summed E-state index contributed by atoms with van der Waals surface area (Å²) in [6.07, 6.45) is 2.45. The summed E-state index contributed by atoms with van der Waals surface area (Å²) in [5.74, 6) is 6.89. The maximum Gasteiger partial charge on any atom is 0.243 e. The Morgan fingerprint density at radius 3 is 2.58 bits per heavy atom. The number of ether oxygens (including phenoxy) is 1. The molecule has 0 amide bonds. The Morgan fingerprint density at radius 1 is 1.26 bits per heavy atom. The molecule has 1 aromatic heterocycles. The molecule has 0 aliphatic carbocycles. The van der Waals surface area contributed by atoms with Gasteiger partial charge in [-0.15, -0.1) is 0 Å². The SMILES string of the molecule is CN(C)c1nc(NN)nc(N(C)CC2CCCO2)n1. The van der Waals surface area contributed by atoms with Crippen molar-refractivity contribution in [2.45, 2.75) is 18.9 Å². The predicted molar refractivity (Wildman–Crippen MR) is 74.2 cm³/mol. The molecule has 0 radical (unpaired) electrons. The van der Waals surface area contributed by atoms with Crippen molar-refractivity contribution in [2.75, 3.05) is 49.5 Å². The molecule has 0 saturated carbocycles. The van der Waals surface area contributed by atoms with Crippen molar-refractivity contribution in [3.05, 3.63) is 0 Å². The predicted octanol–water partition coefficient (Wildman–Crippen LogP) is -0.162. The third-order valence-electron chi connectivity index (χ3n) is 2.98. The highest BCUT2D eigenvalue weighted by Gasteiger charge is 2.19. The van der Waals surface area contributed by atoms with Gasteiger partial charge in [0.1, 0.15) is 0 Å². The van der Waals surface area contributed by atoms with Crippen molar-refractivity contribution < 1.29 is 4.74 Å². The van der Waals surface area contributed by atoms with E-state index in [0.29, 0.717) is 17.8 Å². The Morgan fingerprint density at radius 2 is 2.00 bits per heavy atom. The first-order chi connectivity index (χ1) is 9.10. The number of likely N-dealkylation sites (N-methyl/N-ethyl adjacent to an activating group) is 1. The highest BCUT2D eigenvalue weighted by Crippen LogP contribution is 2.17. The van der Waals surface area contributed by atoms with E-state index in [-0.39, 0.29) is 6.10 Å². The molecule has 19 heavy (non-hydrogen) atoms. The van der Waals surface area contributed by atoms with Gasteiger partial charge in [-0.25, -0.2) is 5.84 Å². The van der Waals surface area contributed by atoms with Crippen LogP contribution in [0, 0.1) is 0 Å². The van der Waals surface area contributed by atoms with Gasteiger partial charge in [0.05, 0.1) is 6.10 Å². The molecule has 1 aliphatic rings. The van der Waals surface area contributed by atoms with E-state index < -0.39 is 0 Å². The quantitative estimate of drug-likeness (QED) is 0.561. The van der Waals surface area contributed by atoms with Gasteiger partial charge >= 0.3 is 0 Å². The molecule has 106 valence electrons. The van der Waals surface area contributed by atoms with Crippen LogP contribution in [0.1, 0.15) is 12.8 Å². The number of anilines is 3. The van der Waals surface area contributed by atoms with Crippen molar-refractivity contribution in [3.8, 4) is 0 Å². The maximum absolute atomic E-state index is 5.62. The zero-order valence-corrected chi connectivity index (χ0v) is 11.6. The number of nitrogen functional groups attached to an aromatic ring is 1. The first-order valence-corrected chi connectivity index (χ1v) is 6.33. The van der Waals surface area contributed by atoms with E-state index >= 15 is 0 Å². The minimum absolute atomic E-state index is 0.249. The van der Waals surface area contributed by atoms with E-state index in [1.54, 1.807) is 0 Å². The molecule has 1 fully saturated rings. The second-order valence-corrected chi connectivity index (χ2v) is 4.81. The fourth-order valence-electron chi connectivity index (χ4n) is 1.96. The highest BCUT2D eigenvalue weighted by molar-refractivity contribution is 5.43. The number of aromatic nitrogens is 3. The second kappa shape index (κ2) is 5.98. The summed E-state index contributed by atoms with van der Waals surface area (Å²) in [6, 6.07) is 0. The van der Waals surface area contributed by atoms with Gasteiger partial charge in [0.25, 0.3) is 0 Å². The summed E-state index contributed by atoms with van der Waals surface area (Å²) in [7, 11) is 5.69. The molecule has 1 aromatic rings. The molecule has 1 aliphatic heterocycles. The van der Waals surface area contributed by atoms with Crippen LogP contribution in [0.4, 0.5) is 17.8 Å². The van der Waals surface area contributed by atoms with Crippen LogP contribution < -0.4 is 21.1 Å². The van der Waals surface area contributed by atoms with Crippen LogP contribution in [0.25, 0.3) is 0 Å². The van der Waals surface area contributed by atoms with Gasteiger partial charge in [-0.3, -0.25) is 5.43 Å². The molecule has 1 unspecified atom stereocenters. The van der Waals surface area contributed by atoms with E-state index in [2.05, 4.69) is 20.4 Å². The molecule has 3 N–H and O–H groups in total. The van der Waals surface area contributed by atoms with E-state index in [9.17, 15) is 0 Å². The van der Waals surface area contributed by atoms with Gasteiger partial charge in [0, 0.05) is 34.3 Å². The Hall–Kier alpha value is -1.67. The molecule has 1 saturated heterocycles. The van der Waals surface area contributed by atoms with E-state index in [1.165, 1.54) is 0 Å². The van der Waals surface area contributed by atoms with Crippen molar-refractivity contribution in [3.63, 3.8) is 0 Å². The van der Waals surface area contributed by atoms with Crippen LogP contribution in [0.15, 0.2) is 0 Å². The standard InChI is InChI=1S/C11H21N7O/c1-17(2)10-13-9(16-12)14-11(15-10)18(3)7-8-5-4-6-19-8/h8H,4-7,12H2,1-3H3,(H,13,14,15,16). The first kappa shape index (κ1) is 13.8. The minimum Gasteiger partial charge on any atom is -0.376 e. The van der Waals surface area contributed by atoms with Gasteiger partial charge in [-0.1, -0.05) is 0 Å². The van der Waals surface area contributed by atoms with Crippen molar-refractivity contribution >= 4 is 17.8 Å². The Bertz CT molecular complexity index is 420. The van der Waals surface area contributed by atoms with Crippen LogP contribution in [-0.2, 0) is 4.74 Å². The third kappa shape index (κ3) is 3.42. The number of hydrogen-bond acceptors (Lipinski definition) is 8. The summed E-state index contributed by atoms with van der Waals surface area (Å²) in [6.45, 7) is 1.61. The lowest BCUT2D eigenvalue weighted by atomic mass is 10.2. The Labute approximate surface area is 112 Å². The smallest absolute Gasteiger partial charge is 0.243 e. The summed E-state index contributed by atoms with van der Waals surface area (Å²) >= 11 is 0. The van der Waals surface area contributed by atoms with Crippen LogP contribution in [-0.4, -0.2) is 55.4 Å². The molecule has 2 heterocycles. The lowest BCUT2D eigenvalue weighted by molar-refractivity contribution is 0.116. The van der Waals surface area contributed by atoms with Gasteiger partial charge < -0.3 is 14.5 Å². The topological polar surface area (TPSA) is 92.4 Å². The molecule has 8 nitrogen and oxygen atoms in total. The van der Waals surface area contributed by atoms with E-state index in [1.807, 2.05) is 30.9 Å². The number of hydrazine groups is 1. The first-order valence-electron chi connectivity index (χ1n) is 6.33. The number of nitrogens with one attached hydrogen (secondary N) is 1. The van der Waals surface area contributed by atoms with Gasteiger partial charge in [0.2, 0.25) is 17.8 Å². The minimum atomic E-state index is 0.249. The molecule has 1 atom stereocenters. The van der Waals surface area contributed by atoms with Crippen molar-refractivity contribution in [1.29, 1.82) is 0 Å². The number of nitrogens with two attached hydrogens (primary N) is 1. The average molecular weight is 267 g/mol. The molecule has 0 spiro atoms. The molecule has 0 bridgehead atoms. The molecular formula is C11H21N7O. The van der Waals surface area contributed by atoms with Crippen LogP contribution in [0.3, 0.4) is 0 Å². The summed E-state index contributed by atoms with van der Waals surface area (Å²) < 4.78 is 5.62. The van der Waals surface area contributed by atoms with Crippen molar-refractivity contribution in [1.82, 2.24) is 15.0 Å². The Balaban J connectivity index is 2.14. The zero-order valence-electron chi connectivity index (χ0n) is 11.6. The number of nitrogens with zero attached hydrogens (tertiary/aromatic N) is 5. The van der Waals surface area contributed by atoms with Gasteiger partial charge in [0.15, 0.2) is 0 Å². The summed E-state index contributed by atoms with van der Waals surface area (Å²) in [4.78, 5) is 16.6.